The lowest BCUT2D eigenvalue weighted by molar-refractivity contribution is -0.120. The number of allylic oxidation sites excluding steroid dienone is 4. The zero-order valence-corrected chi connectivity index (χ0v) is 15.0. The average molecular weight is 360 g/mol. The van der Waals surface area contributed by atoms with E-state index in [4.69, 9.17) is 4.74 Å². The molecule has 2 aromatic carbocycles. The van der Waals surface area contributed by atoms with Crippen LogP contribution in [-0.4, -0.2) is 18.9 Å². The number of benzene rings is 2. The summed E-state index contributed by atoms with van der Waals surface area (Å²) in [5.41, 5.74) is 2.41. The van der Waals surface area contributed by atoms with Gasteiger partial charge in [0.1, 0.15) is 11.5 Å². The first-order chi connectivity index (χ1) is 13.2. The first kappa shape index (κ1) is 17.1. The highest BCUT2D eigenvalue weighted by atomic mass is 16.5. The van der Waals surface area contributed by atoms with E-state index in [1.54, 1.807) is 12.0 Å². The predicted octanol–water partition coefficient (Wildman–Crippen LogP) is 4.49. The van der Waals surface area contributed by atoms with Gasteiger partial charge in [-0.2, -0.15) is 0 Å². The lowest BCUT2D eigenvalue weighted by atomic mass is 9.91. The molecule has 136 valence electrons. The molecule has 2 aliphatic rings. The Labute approximate surface area is 157 Å². The predicted molar refractivity (Wildman–Crippen MR) is 105 cm³/mol. The number of para-hydroxylation sites is 1. The van der Waals surface area contributed by atoms with Gasteiger partial charge in [0.25, 0.3) is 0 Å². The van der Waals surface area contributed by atoms with Gasteiger partial charge in [-0.25, -0.2) is 4.79 Å². The van der Waals surface area contributed by atoms with Gasteiger partial charge in [-0.15, -0.1) is 0 Å². The lowest BCUT2D eigenvalue weighted by Crippen LogP contribution is -2.43. The second-order valence-corrected chi connectivity index (χ2v) is 6.57. The van der Waals surface area contributed by atoms with Crippen LogP contribution in [0.1, 0.15) is 18.0 Å². The molecule has 0 radical (unpaired) electrons. The smallest absolute Gasteiger partial charge is 0.326 e. The Morgan fingerprint density at radius 1 is 1.07 bits per heavy atom. The van der Waals surface area contributed by atoms with Crippen molar-refractivity contribution in [1.29, 1.82) is 0 Å². The summed E-state index contributed by atoms with van der Waals surface area (Å²) in [6.45, 7) is 0. The van der Waals surface area contributed by atoms with Crippen LogP contribution >= 0.6 is 0 Å². The Balaban J connectivity index is 1.72. The Hall–Kier alpha value is -3.34. The number of nitrogens with zero attached hydrogens (tertiary/aromatic N) is 1. The topological polar surface area (TPSA) is 58.6 Å². The second kappa shape index (κ2) is 7.11. The molecule has 0 unspecified atom stereocenters. The van der Waals surface area contributed by atoms with Crippen molar-refractivity contribution in [3.05, 3.63) is 78.4 Å². The highest BCUT2D eigenvalue weighted by Crippen LogP contribution is 2.39. The summed E-state index contributed by atoms with van der Waals surface area (Å²) < 4.78 is 5.21. The number of amides is 2. The molecule has 0 aromatic heterocycles. The first-order valence-corrected chi connectivity index (χ1v) is 8.88. The maximum absolute atomic E-state index is 12.9. The fourth-order valence-electron chi connectivity index (χ4n) is 3.57. The second-order valence-electron chi connectivity index (χ2n) is 6.57. The summed E-state index contributed by atoms with van der Waals surface area (Å²) in [6, 6.07) is 14.3. The lowest BCUT2D eigenvalue weighted by Gasteiger charge is -2.37. The number of urea groups is 1. The van der Waals surface area contributed by atoms with Gasteiger partial charge in [0.05, 0.1) is 19.1 Å². The SMILES string of the molecule is COc1ccc(N2C(=O)Nc3ccccc3[C@@H]2CC(=O)C2C=CC=C2)cc1. The van der Waals surface area contributed by atoms with Gasteiger partial charge < -0.3 is 10.1 Å². The van der Waals surface area contributed by atoms with Crippen molar-refractivity contribution in [3.8, 4) is 5.75 Å². The van der Waals surface area contributed by atoms with Gasteiger partial charge in [0.2, 0.25) is 0 Å². The minimum Gasteiger partial charge on any atom is -0.497 e. The number of hydrogen-bond acceptors (Lipinski definition) is 3. The van der Waals surface area contributed by atoms with E-state index in [0.29, 0.717) is 5.75 Å². The summed E-state index contributed by atoms with van der Waals surface area (Å²) in [7, 11) is 1.60. The van der Waals surface area contributed by atoms with Gasteiger partial charge in [-0.3, -0.25) is 9.69 Å². The van der Waals surface area contributed by atoms with E-state index < -0.39 is 0 Å². The van der Waals surface area contributed by atoms with Crippen LogP contribution in [0.2, 0.25) is 0 Å². The van der Waals surface area contributed by atoms with E-state index in [1.807, 2.05) is 72.8 Å². The van der Waals surface area contributed by atoms with Crippen molar-refractivity contribution in [1.82, 2.24) is 0 Å². The fourth-order valence-corrected chi connectivity index (χ4v) is 3.57. The van der Waals surface area contributed by atoms with E-state index in [0.717, 1.165) is 16.9 Å². The monoisotopic (exact) mass is 360 g/mol. The average Bonchev–Trinajstić information content (AvgIpc) is 3.23. The normalized spacial score (nSPS) is 18.3. The maximum atomic E-state index is 12.9. The van der Waals surface area contributed by atoms with Crippen molar-refractivity contribution in [2.45, 2.75) is 12.5 Å². The molecular weight excluding hydrogens is 340 g/mol. The molecule has 1 N–H and O–H groups in total. The number of methoxy groups -OCH3 is 1. The van der Waals surface area contributed by atoms with Crippen molar-refractivity contribution < 1.29 is 14.3 Å². The molecule has 5 nitrogen and oxygen atoms in total. The molecule has 0 spiro atoms. The zero-order valence-electron chi connectivity index (χ0n) is 15.0. The van der Waals surface area contributed by atoms with Crippen LogP contribution in [-0.2, 0) is 4.79 Å². The Kier molecular flexibility index (Phi) is 4.50. The number of carbonyl (C=O) groups excluding carboxylic acids is 2. The summed E-state index contributed by atoms with van der Waals surface area (Å²) in [5.74, 6) is 0.582. The van der Waals surface area contributed by atoms with Crippen LogP contribution in [0.5, 0.6) is 5.75 Å². The number of ketones is 1. The van der Waals surface area contributed by atoms with E-state index in [1.165, 1.54) is 0 Å². The number of ether oxygens (including phenoxy) is 1. The molecule has 2 amide bonds. The molecule has 27 heavy (non-hydrogen) atoms. The minimum atomic E-state index is -0.363. The molecule has 0 saturated heterocycles. The molecule has 1 atom stereocenters. The maximum Gasteiger partial charge on any atom is 0.326 e. The number of nitrogens with one attached hydrogen (secondary N) is 1. The highest BCUT2D eigenvalue weighted by Gasteiger charge is 2.35. The van der Waals surface area contributed by atoms with Crippen molar-refractivity contribution >= 4 is 23.2 Å². The molecular formula is C22H20N2O3. The van der Waals surface area contributed by atoms with Crippen LogP contribution in [0.3, 0.4) is 0 Å². The van der Waals surface area contributed by atoms with E-state index in [-0.39, 0.29) is 30.2 Å². The molecule has 1 aliphatic carbocycles. The van der Waals surface area contributed by atoms with Crippen LogP contribution in [0, 0.1) is 5.92 Å². The third-order valence-electron chi connectivity index (χ3n) is 4.96. The van der Waals surface area contributed by atoms with Crippen LogP contribution < -0.4 is 15.0 Å². The Bertz CT molecular complexity index is 919. The molecule has 0 saturated carbocycles. The van der Waals surface area contributed by atoms with Gasteiger partial charge in [-0.05, 0) is 35.9 Å². The molecule has 1 aliphatic heterocycles. The fraction of sp³-hybridized carbons (Fsp3) is 0.182. The third kappa shape index (κ3) is 3.24. The number of Topliss-reactive ketones (excluding diaryl/α,β-unsaturated/α-hetero) is 1. The number of rotatable bonds is 5. The standard InChI is InChI=1S/C22H20N2O3/c1-27-17-12-10-16(11-13-17)24-20(14-21(25)15-6-2-3-7-15)18-8-4-5-9-19(18)23-22(24)26/h2-13,15,20H,14H2,1H3,(H,23,26)/t20-/m0/s1. The first-order valence-electron chi connectivity index (χ1n) is 8.88. The Morgan fingerprint density at radius 3 is 2.48 bits per heavy atom. The van der Waals surface area contributed by atoms with Gasteiger partial charge in [0.15, 0.2) is 0 Å². The van der Waals surface area contributed by atoms with Gasteiger partial charge in [-0.1, -0.05) is 42.5 Å². The van der Waals surface area contributed by atoms with Crippen LogP contribution in [0.15, 0.2) is 72.8 Å². The van der Waals surface area contributed by atoms with Crippen molar-refractivity contribution in [3.63, 3.8) is 0 Å². The number of fused-ring (bicyclic) bond motifs is 1. The van der Waals surface area contributed by atoms with Crippen LogP contribution in [0.25, 0.3) is 0 Å². The largest absolute Gasteiger partial charge is 0.497 e. The van der Waals surface area contributed by atoms with Gasteiger partial charge >= 0.3 is 6.03 Å². The number of hydrogen-bond donors (Lipinski definition) is 1. The summed E-state index contributed by atoms with van der Waals surface area (Å²) in [5, 5.41) is 2.93. The van der Waals surface area contributed by atoms with Crippen molar-refractivity contribution in [2.24, 2.45) is 5.92 Å². The molecule has 2 aromatic rings. The molecule has 0 fully saturated rings. The third-order valence-corrected chi connectivity index (χ3v) is 4.96. The van der Waals surface area contributed by atoms with E-state index in [9.17, 15) is 9.59 Å². The number of carbonyl (C=O) groups is 2. The zero-order chi connectivity index (χ0) is 18.8. The van der Waals surface area contributed by atoms with Crippen LogP contribution in [0.4, 0.5) is 16.2 Å². The molecule has 1 heterocycles. The molecule has 5 heteroatoms. The molecule has 4 rings (SSSR count). The summed E-state index contributed by atoms with van der Waals surface area (Å²) in [6.07, 6.45) is 7.77. The summed E-state index contributed by atoms with van der Waals surface area (Å²) >= 11 is 0. The van der Waals surface area contributed by atoms with Crippen molar-refractivity contribution in [2.75, 3.05) is 17.3 Å². The molecule has 0 bridgehead atoms. The summed E-state index contributed by atoms with van der Waals surface area (Å²) in [4.78, 5) is 27.4. The minimum absolute atomic E-state index is 0.0908. The van der Waals surface area contributed by atoms with E-state index in [2.05, 4.69) is 5.32 Å². The van der Waals surface area contributed by atoms with Gasteiger partial charge in [0, 0.05) is 17.8 Å². The Morgan fingerprint density at radius 2 is 1.78 bits per heavy atom. The quantitative estimate of drug-likeness (QED) is 0.855. The van der Waals surface area contributed by atoms with E-state index >= 15 is 0 Å². The number of anilines is 2. The highest BCUT2D eigenvalue weighted by molar-refractivity contribution is 6.06.